The van der Waals surface area contributed by atoms with Crippen LogP contribution in [0.25, 0.3) is 0 Å². The molecule has 0 aromatic heterocycles. The molecule has 2 fully saturated rings. The first-order chi connectivity index (χ1) is 6.41. The monoisotopic (exact) mass is 200 g/mol. The zero-order valence-electron chi connectivity index (χ0n) is 8.89. The van der Waals surface area contributed by atoms with Crippen molar-refractivity contribution in [3.63, 3.8) is 0 Å². The van der Waals surface area contributed by atoms with Crippen LogP contribution in [0, 0.1) is 0 Å². The SMILES string of the molecule is C1CCCS2(CC1)CCCCCC2. The van der Waals surface area contributed by atoms with Crippen molar-refractivity contribution in [1.82, 2.24) is 0 Å². The summed E-state index contributed by atoms with van der Waals surface area (Å²) < 4.78 is 0. The molecule has 2 heterocycles. The van der Waals surface area contributed by atoms with Crippen LogP contribution in [0.3, 0.4) is 0 Å². The van der Waals surface area contributed by atoms with Crippen LogP contribution in [0.15, 0.2) is 0 Å². The largest absolute Gasteiger partial charge is 0.241 e. The molecule has 1 heteroatoms. The van der Waals surface area contributed by atoms with E-state index >= 15 is 0 Å². The Morgan fingerprint density at radius 1 is 0.385 bits per heavy atom. The van der Waals surface area contributed by atoms with E-state index in [1.54, 1.807) is 48.7 Å². The molecule has 0 bridgehead atoms. The normalized spacial score (nSPS) is 32.0. The fourth-order valence-electron chi connectivity index (χ4n) is 2.95. The summed E-state index contributed by atoms with van der Waals surface area (Å²) in [7, 11) is -0.0718. The Morgan fingerprint density at radius 3 is 1.00 bits per heavy atom. The Hall–Kier alpha value is 0.350. The van der Waals surface area contributed by atoms with E-state index in [9.17, 15) is 0 Å². The second kappa shape index (κ2) is 4.72. The molecule has 2 saturated heterocycles. The van der Waals surface area contributed by atoms with Gasteiger partial charge in [-0.15, -0.1) is 0 Å². The molecule has 1 spiro atoms. The molecule has 0 nitrogen and oxygen atoms in total. The van der Waals surface area contributed by atoms with E-state index in [4.69, 9.17) is 0 Å². The molecule has 0 aromatic carbocycles. The van der Waals surface area contributed by atoms with E-state index in [0.29, 0.717) is 0 Å². The van der Waals surface area contributed by atoms with Crippen LogP contribution in [0.4, 0.5) is 0 Å². The number of rotatable bonds is 0. The van der Waals surface area contributed by atoms with Gasteiger partial charge in [0.2, 0.25) is 0 Å². The predicted octanol–water partition coefficient (Wildman–Crippen LogP) is 3.94. The summed E-state index contributed by atoms with van der Waals surface area (Å²) in [5.74, 6) is 6.58. The molecular formula is C12H24S. The Kier molecular flexibility index (Phi) is 3.59. The Morgan fingerprint density at radius 2 is 0.692 bits per heavy atom. The van der Waals surface area contributed by atoms with Crippen molar-refractivity contribution in [3.8, 4) is 0 Å². The van der Waals surface area contributed by atoms with Crippen molar-refractivity contribution in [2.75, 3.05) is 23.0 Å². The molecule has 0 aliphatic carbocycles. The highest BCUT2D eigenvalue weighted by Gasteiger charge is 2.25. The molecule has 0 N–H and O–H groups in total. The van der Waals surface area contributed by atoms with Crippen LogP contribution >= 0.6 is 10.0 Å². The highest BCUT2D eigenvalue weighted by molar-refractivity contribution is 8.33. The lowest BCUT2D eigenvalue weighted by molar-refractivity contribution is 0.726. The summed E-state index contributed by atoms with van der Waals surface area (Å²) in [6.07, 6.45) is 12.4. The zero-order chi connectivity index (χ0) is 8.99. The molecule has 0 aromatic rings. The van der Waals surface area contributed by atoms with E-state index in [2.05, 4.69) is 0 Å². The lowest BCUT2D eigenvalue weighted by Crippen LogP contribution is -2.14. The van der Waals surface area contributed by atoms with E-state index in [1.165, 1.54) is 25.7 Å². The van der Waals surface area contributed by atoms with Gasteiger partial charge in [0, 0.05) is 0 Å². The topological polar surface area (TPSA) is 0 Å². The molecular weight excluding hydrogens is 176 g/mol. The average molecular weight is 200 g/mol. The minimum Gasteiger partial charge on any atom is -0.241 e. The van der Waals surface area contributed by atoms with Crippen molar-refractivity contribution in [2.24, 2.45) is 0 Å². The van der Waals surface area contributed by atoms with Crippen LogP contribution in [-0.2, 0) is 0 Å². The first-order valence-corrected chi connectivity index (χ1v) is 8.46. The molecule has 0 saturated carbocycles. The molecule has 0 atom stereocenters. The minimum absolute atomic E-state index is 0.0718. The summed E-state index contributed by atoms with van der Waals surface area (Å²) in [6, 6.07) is 0. The highest BCUT2D eigenvalue weighted by Crippen LogP contribution is 2.53. The van der Waals surface area contributed by atoms with Crippen LogP contribution in [0.1, 0.15) is 51.4 Å². The predicted molar refractivity (Wildman–Crippen MR) is 64.0 cm³/mol. The van der Waals surface area contributed by atoms with Gasteiger partial charge in [0.25, 0.3) is 0 Å². The van der Waals surface area contributed by atoms with E-state index < -0.39 is 0 Å². The molecule has 0 radical (unpaired) electrons. The lowest BCUT2D eigenvalue weighted by atomic mass is 10.2. The highest BCUT2D eigenvalue weighted by atomic mass is 32.3. The van der Waals surface area contributed by atoms with Gasteiger partial charge in [-0.2, -0.15) is 0 Å². The second-order valence-corrected chi connectivity index (χ2v) is 8.95. The van der Waals surface area contributed by atoms with Crippen molar-refractivity contribution in [3.05, 3.63) is 0 Å². The smallest absolute Gasteiger partial charge is 0.0228 e. The molecule has 2 rings (SSSR count). The molecule has 2 aliphatic heterocycles. The van der Waals surface area contributed by atoms with E-state index in [0.717, 1.165) is 0 Å². The van der Waals surface area contributed by atoms with Gasteiger partial charge in [0.05, 0.1) is 0 Å². The van der Waals surface area contributed by atoms with Gasteiger partial charge in [-0.25, -0.2) is 10.0 Å². The molecule has 2 aliphatic rings. The Bertz CT molecular complexity index is 116. The van der Waals surface area contributed by atoms with Crippen molar-refractivity contribution in [2.45, 2.75) is 51.4 Å². The van der Waals surface area contributed by atoms with Crippen molar-refractivity contribution < 1.29 is 0 Å². The number of hydrogen-bond donors (Lipinski definition) is 0. The van der Waals surface area contributed by atoms with Crippen LogP contribution < -0.4 is 0 Å². The molecule has 78 valence electrons. The Labute approximate surface area is 84.8 Å². The van der Waals surface area contributed by atoms with Gasteiger partial charge in [0.1, 0.15) is 0 Å². The van der Waals surface area contributed by atoms with E-state index in [-0.39, 0.29) is 10.0 Å². The summed E-state index contributed by atoms with van der Waals surface area (Å²) >= 11 is 0. The lowest BCUT2D eigenvalue weighted by Gasteiger charge is -2.38. The summed E-state index contributed by atoms with van der Waals surface area (Å²) in [5.41, 5.74) is 0. The minimum atomic E-state index is -0.0718. The summed E-state index contributed by atoms with van der Waals surface area (Å²) in [5, 5.41) is 0. The quantitative estimate of drug-likeness (QED) is 0.555. The first kappa shape index (κ1) is 9.89. The van der Waals surface area contributed by atoms with Gasteiger partial charge < -0.3 is 0 Å². The standard InChI is InChI=1S/C12H24S/c1-2-6-10-13(9-5-1)11-7-3-4-8-12-13/h1-12H2. The zero-order valence-corrected chi connectivity index (χ0v) is 9.71. The fraction of sp³-hybridized carbons (Fsp3) is 1.00. The fourth-order valence-corrected chi connectivity index (χ4v) is 7.44. The molecule has 0 unspecified atom stereocenters. The third kappa shape index (κ3) is 2.65. The van der Waals surface area contributed by atoms with Gasteiger partial charge >= 0.3 is 0 Å². The summed E-state index contributed by atoms with van der Waals surface area (Å²) in [6.45, 7) is 0. The first-order valence-electron chi connectivity index (χ1n) is 6.15. The van der Waals surface area contributed by atoms with Gasteiger partial charge in [0.15, 0.2) is 0 Å². The Balaban J connectivity index is 1.97. The van der Waals surface area contributed by atoms with Crippen molar-refractivity contribution >= 4 is 10.0 Å². The molecule has 0 amide bonds. The van der Waals surface area contributed by atoms with Crippen LogP contribution in [0.2, 0.25) is 0 Å². The van der Waals surface area contributed by atoms with Gasteiger partial charge in [-0.1, -0.05) is 25.7 Å². The van der Waals surface area contributed by atoms with Crippen LogP contribution in [-0.4, -0.2) is 23.0 Å². The maximum atomic E-state index is 1.65. The van der Waals surface area contributed by atoms with Crippen LogP contribution in [0.5, 0.6) is 0 Å². The van der Waals surface area contributed by atoms with Crippen molar-refractivity contribution in [1.29, 1.82) is 0 Å². The van der Waals surface area contributed by atoms with Gasteiger partial charge in [-0.3, -0.25) is 0 Å². The molecule has 13 heavy (non-hydrogen) atoms. The van der Waals surface area contributed by atoms with E-state index in [1.807, 2.05) is 0 Å². The third-order valence-electron chi connectivity index (χ3n) is 3.81. The summed E-state index contributed by atoms with van der Waals surface area (Å²) in [4.78, 5) is 0. The maximum Gasteiger partial charge on any atom is -0.0228 e. The second-order valence-electron chi connectivity index (χ2n) is 4.87. The third-order valence-corrected chi connectivity index (χ3v) is 8.43. The number of hydrogen-bond acceptors (Lipinski definition) is 0. The average Bonchev–Trinajstić information content (AvgIpc) is 2.50. The van der Waals surface area contributed by atoms with Gasteiger partial charge in [-0.05, 0) is 48.7 Å². The maximum absolute atomic E-state index is 1.65.